The monoisotopic (exact) mass is 360 g/mol. The van der Waals surface area contributed by atoms with Gasteiger partial charge in [0, 0.05) is 29.6 Å². The summed E-state index contributed by atoms with van der Waals surface area (Å²) in [5, 5.41) is 11.0. The third-order valence-corrected chi connectivity index (χ3v) is 4.36. The predicted molar refractivity (Wildman–Crippen MR) is 97.7 cm³/mol. The summed E-state index contributed by atoms with van der Waals surface area (Å²) in [5.74, 6) is 0.481. The Labute approximate surface area is 152 Å². The number of amides is 1. The number of aromatic hydroxyl groups is 1. The van der Waals surface area contributed by atoms with Crippen LogP contribution in [-0.2, 0) is 11.3 Å². The number of halogens is 1. The first-order valence-electron chi connectivity index (χ1n) is 8.22. The van der Waals surface area contributed by atoms with Gasteiger partial charge in [-0.05, 0) is 42.3 Å². The van der Waals surface area contributed by atoms with Gasteiger partial charge >= 0.3 is 0 Å². The van der Waals surface area contributed by atoms with Gasteiger partial charge in [-0.15, -0.1) is 0 Å². The SMILES string of the molecule is C[C@H](N)CC(=O)N1CCOc2c(O)cc(-c3cccc(Cl)c3)cc2C1. The van der Waals surface area contributed by atoms with Crippen molar-refractivity contribution in [2.45, 2.75) is 25.9 Å². The smallest absolute Gasteiger partial charge is 0.224 e. The molecule has 2 aromatic carbocycles. The van der Waals surface area contributed by atoms with Gasteiger partial charge in [-0.1, -0.05) is 23.7 Å². The van der Waals surface area contributed by atoms with Crippen molar-refractivity contribution < 1.29 is 14.6 Å². The average Bonchev–Trinajstić information content (AvgIpc) is 2.77. The molecule has 0 radical (unpaired) electrons. The number of benzene rings is 2. The molecule has 25 heavy (non-hydrogen) atoms. The Bertz CT molecular complexity index is 792. The standard InChI is InChI=1S/C19H21ClN2O3/c1-12(21)7-18(24)22-5-6-25-19-15(11-22)8-14(10-17(19)23)13-3-2-4-16(20)9-13/h2-4,8-10,12,23H,5-7,11,21H2,1H3/t12-/m0/s1. The molecule has 1 aliphatic rings. The summed E-state index contributed by atoms with van der Waals surface area (Å²) in [6.45, 7) is 2.99. The molecule has 0 aliphatic carbocycles. The third kappa shape index (κ3) is 4.06. The molecule has 0 saturated carbocycles. The summed E-state index contributed by atoms with van der Waals surface area (Å²) in [6.07, 6.45) is 0.287. The van der Waals surface area contributed by atoms with Crippen molar-refractivity contribution >= 4 is 17.5 Å². The van der Waals surface area contributed by atoms with E-state index in [-0.39, 0.29) is 24.1 Å². The van der Waals surface area contributed by atoms with E-state index < -0.39 is 0 Å². The predicted octanol–water partition coefficient (Wildman–Crippen LogP) is 3.17. The number of fused-ring (bicyclic) bond motifs is 1. The van der Waals surface area contributed by atoms with E-state index in [1.165, 1.54) is 0 Å². The Morgan fingerprint density at radius 3 is 2.88 bits per heavy atom. The summed E-state index contributed by atoms with van der Waals surface area (Å²) >= 11 is 6.07. The van der Waals surface area contributed by atoms with Gasteiger partial charge in [-0.3, -0.25) is 4.79 Å². The van der Waals surface area contributed by atoms with Crippen LogP contribution >= 0.6 is 11.6 Å². The maximum absolute atomic E-state index is 12.4. The summed E-state index contributed by atoms with van der Waals surface area (Å²) in [7, 11) is 0. The Balaban J connectivity index is 1.95. The fraction of sp³-hybridized carbons (Fsp3) is 0.316. The molecule has 3 N–H and O–H groups in total. The second kappa shape index (κ2) is 7.33. The van der Waals surface area contributed by atoms with Crippen LogP contribution in [0.4, 0.5) is 0 Å². The van der Waals surface area contributed by atoms with Gasteiger partial charge in [0.1, 0.15) is 6.61 Å². The number of carbonyl (C=O) groups is 1. The zero-order valence-electron chi connectivity index (χ0n) is 14.0. The average molecular weight is 361 g/mol. The number of nitrogens with zero attached hydrogens (tertiary/aromatic N) is 1. The van der Waals surface area contributed by atoms with Gasteiger partial charge < -0.3 is 20.5 Å². The zero-order valence-corrected chi connectivity index (χ0v) is 14.8. The molecule has 132 valence electrons. The lowest BCUT2D eigenvalue weighted by Crippen LogP contribution is -2.35. The first-order chi connectivity index (χ1) is 11.9. The van der Waals surface area contributed by atoms with E-state index in [0.717, 1.165) is 16.7 Å². The Morgan fingerprint density at radius 2 is 2.16 bits per heavy atom. The highest BCUT2D eigenvalue weighted by molar-refractivity contribution is 6.30. The quantitative estimate of drug-likeness (QED) is 0.881. The molecule has 1 aliphatic heterocycles. The van der Waals surface area contributed by atoms with Gasteiger partial charge in [0.25, 0.3) is 0 Å². The second-order valence-corrected chi connectivity index (χ2v) is 6.78. The van der Waals surface area contributed by atoms with Crippen molar-refractivity contribution in [2.75, 3.05) is 13.2 Å². The van der Waals surface area contributed by atoms with Crippen LogP contribution in [-0.4, -0.2) is 35.1 Å². The maximum Gasteiger partial charge on any atom is 0.224 e. The molecule has 0 bridgehead atoms. The second-order valence-electron chi connectivity index (χ2n) is 6.34. The van der Waals surface area contributed by atoms with E-state index in [9.17, 15) is 9.90 Å². The molecule has 0 saturated heterocycles. The summed E-state index contributed by atoms with van der Waals surface area (Å²) in [6, 6.07) is 10.8. The summed E-state index contributed by atoms with van der Waals surface area (Å²) < 4.78 is 5.68. The fourth-order valence-electron chi connectivity index (χ4n) is 2.95. The maximum atomic E-state index is 12.4. The van der Waals surface area contributed by atoms with E-state index in [0.29, 0.717) is 30.5 Å². The van der Waals surface area contributed by atoms with Crippen LogP contribution in [0.3, 0.4) is 0 Å². The van der Waals surface area contributed by atoms with E-state index in [1.54, 1.807) is 17.0 Å². The molecule has 1 amide bonds. The lowest BCUT2D eigenvalue weighted by molar-refractivity contribution is -0.132. The van der Waals surface area contributed by atoms with Crippen LogP contribution in [0.2, 0.25) is 5.02 Å². The van der Waals surface area contributed by atoms with Crippen LogP contribution in [0, 0.1) is 0 Å². The third-order valence-electron chi connectivity index (χ3n) is 4.12. The minimum absolute atomic E-state index is 0.0147. The molecular formula is C19H21ClN2O3. The number of phenolic OH excluding ortho intramolecular Hbond substituents is 1. The van der Waals surface area contributed by atoms with Crippen molar-refractivity contribution in [3.8, 4) is 22.6 Å². The number of ether oxygens (including phenoxy) is 1. The lowest BCUT2D eigenvalue weighted by Gasteiger charge is -2.21. The molecule has 6 heteroatoms. The first kappa shape index (κ1) is 17.6. The van der Waals surface area contributed by atoms with E-state index in [2.05, 4.69) is 0 Å². The number of hydrogen-bond donors (Lipinski definition) is 2. The Morgan fingerprint density at radius 1 is 1.36 bits per heavy atom. The summed E-state index contributed by atoms with van der Waals surface area (Å²) in [5.41, 5.74) is 8.22. The highest BCUT2D eigenvalue weighted by Crippen LogP contribution is 2.38. The fourth-order valence-corrected chi connectivity index (χ4v) is 3.14. The van der Waals surface area contributed by atoms with Crippen LogP contribution in [0.15, 0.2) is 36.4 Å². The van der Waals surface area contributed by atoms with Gasteiger partial charge in [0.05, 0.1) is 6.54 Å². The molecule has 5 nitrogen and oxygen atoms in total. The van der Waals surface area contributed by atoms with Crippen LogP contribution < -0.4 is 10.5 Å². The number of hydrogen-bond acceptors (Lipinski definition) is 4. The number of carbonyl (C=O) groups excluding carboxylic acids is 1. The minimum atomic E-state index is -0.192. The first-order valence-corrected chi connectivity index (χ1v) is 8.60. The molecule has 3 rings (SSSR count). The van der Waals surface area contributed by atoms with Crippen LogP contribution in [0.5, 0.6) is 11.5 Å². The number of rotatable bonds is 3. The largest absolute Gasteiger partial charge is 0.504 e. The molecule has 0 spiro atoms. The normalized spacial score (nSPS) is 15.1. The van der Waals surface area contributed by atoms with Crippen molar-refractivity contribution in [3.05, 3.63) is 47.0 Å². The van der Waals surface area contributed by atoms with Crippen LogP contribution in [0.1, 0.15) is 18.9 Å². The number of nitrogens with two attached hydrogens (primary N) is 1. The molecule has 0 unspecified atom stereocenters. The van der Waals surface area contributed by atoms with Gasteiger partial charge in [-0.2, -0.15) is 0 Å². The van der Waals surface area contributed by atoms with E-state index in [1.807, 2.05) is 31.2 Å². The van der Waals surface area contributed by atoms with E-state index >= 15 is 0 Å². The van der Waals surface area contributed by atoms with Crippen molar-refractivity contribution in [2.24, 2.45) is 5.73 Å². The highest BCUT2D eigenvalue weighted by Gasteiger charge is 2.23. The topological polar surface area (TPSA) is 75.8 Å². The summed E-state index contributed by atoms with van der Waals surface area (Å²) in [4.78, 5) is 14.1. The Hall–Kier alpha value is -2.24. The zero-order chi connectivity index (χ0) is 18.0. The van der Waals surface area contributed by atoms with Gasteiger partial charge in [-0.25, -0.2) is 0 Å². The highest BCUT2D eigenvalue weighted by atomic mass is 35.5. The molecule has 0 aromatic heterocycles. The lowest BCUT2D eigenvalue weighted by atomic mass is 10.0. The molecule has 1 atom stereocenters. The Kier molecular flexibility index (Phi) is 5.16. The van der Waals surface area contributed by atoms with E-state index in [4.69, 9.17) is 22.1 Å². The van der Waals surface area contributed by atoms with Crippen molar-refractivity contribution in [3.63, 3.8) is 0 Å². The molecule has 0 fully saturated rings. The van der Waals surface area contributed by atoms with Crippen molar-refractivity contribution in [1.82, 2.24) is 4.90 Å². The minimum Gasteiger partial charge on any atom is -0.504 e. The van der Waals surface area contributed by atoms with Gasteiger partial charge in [0.2, 0.25) is 5.91 Å². The molecular weight excluding hydrogens is 340 g/mol. The van der Waals surface area contributed by atoms with Crippen molar-refractivity contribution in [1.29, 1.82) is 0 Å². The van der Waals surface area contributed by atoms with Gasteiger partial charge in [0.15, 0.2) is 11.5 Å². The number of phenols is 1. The molecule has 2 aromatic rings. The molecule has 1 heterocycles. The van der Waals surface area contributed by atoms with Crippen LogP contribution in [0.25, 0.3) is 11.1 Å².